The van der Waals surface area contributed by atoms with E-state index in [0.29, 0.717) is 11.4 Å². The van der Waals surface area contributed by atoms with Crippen molar-refractivity contribution in [1.29, 1.82) is 0 Å². The third kappa shape index (κ3) is 8.02. The minimum absolute atomic E-state index is 0.169. The quantitative estimate of drug-likeness (QED) is 0.552. The zero-order valence-electron chi connectivity index (χ0n) is 20.6. The summed E-state index contributed by atoms with van der Waals surface area (Å²) in [4.78, 5) is 28.2. The van der Waals surface area contributed by atoms with Crippen LogP contribution in [0.4, 0.5) is 5.69 Å². The van der Waals surface area contributed by atoms with Gasteiger partial charge in [-0.2, -0.15) is 0 Å². The van der Waals surface area contributed by atoms with Crippen LogP contribution in [0.3, 0.4) is 0 Å². The van der Waals surface area contributed by atoms with Crippen LogP contribution in [-0.2, 0) is 26.2 Å². The van der Waals surface area contributed by atoms with Gasteiger partial charge in [0.1, 0.15) is 12.6 Å². The zero-order valence-corrected chi connectivity index (χ0v) is 22.2. The highest BCUT2D eigenvalue weighted by Gasteiger charge is 2.33. The van der Waals surface area contributed by atoms with E-state index in [4.69, 9.17) is 11.6 Å². The molecular weight excluding hydrogens is 474 g/mol. The number of hydrogen-bond acceptors (Lipinski definition) is 4. The molecule has 7 nitrogen and oxygen atoms in total. The largest absolute Gasteiger partial charge is 0.350 e. The first-order valence-corrected chi connectivity index (χ1v) is 13.3. The molecule has 0 aromatic heterocycles. The molecule has 0 heterocycles. The average Bonchev–Trinajstić information content (AvgIpc) is 2.71. The van der Waals surface area contributed by atoms with Crippen molar-refractivity contribution in [3.8, 4) is 0 Å². The summed E-state index contributed by atoms with van der Waals surface area (Å²) in [6.45, 7) is 9.12. The lowest BCUT2D eigenvalue weighted by Gasteiger charge is -2.34. The van der Waals surface area contributed by atoms with Gasteiger partial charge >= 0.3 is 0 Å². The molecule has 1 N–H and O–H groups in total. The predicted octanol–water partition coefficient (Wildman–Crippen LogP) is 4.14. The van der Waals surface area contributed by atoms with Gasteiger partial charge in [0.2, 0.25) is 21.8 Å². The zero-order chi connectivity index (χ0) is 25.7. The molecule has 1 atom stereocenters. The molecule has 0 aliphatic carbocycles. The summed E-state index contributed by atoms with van der Waals surface area (Å²) < 4.78 is 26.2. The first kappa shape index (κ1) is 27.7. The summed E-state index contributed by atoms with van der Waals surface area (Å²) in [6, 6.07) is 13.2. The van der Waals surface area contributed by atoms with Crippen LogP contribution in [0.25, 0.3) is 0 Å². The van der Waals surface area contributed by atoms with Crippen LogP contribution in [-0.4, -0.2) is 49.5 Å². The van der Waals surface area contributed by atoms with Gasteiger partial charge in [-0.1, -0.05) is 54.4 Å². The third-order valence-corrected chi connectivity index (χ3v) is 6.51. The standard InChI is InChI=1S/C25H34ClN3O4S/c1-7-22(24(31)27-25(3,4)5)28(16-19-13-11-18(2)12-14-19)23(30)17-29(34(6,32)33)21-10-8-9-20(26)15-21/h8-15,22H,7,16-17H2,1-6H3,(H,27,31)/t22-/m1/s1. The highest BCUT2D eigenvalue weighted by molar-refractivity contribution is 7.92. The number of hydrogen-bond donors (Lipinski definition) is 1. The summed E-state index contributed by atoms with van der Waals surface area (Å²) in [5, 5.41) is 3.29. The van der Waals surface area contributed by atoms with E-state index in [2.05, 4.69) is 5.32 Å². The Morgan fingerprint density at radius 1 is 1.09 bits per heavy atom. The summed E-state index contributed by atoms with van der Waals surface area (Å²) >= 11 is 6.06. The molecule has 0 aliphatic heterocycles. The number of halogens is 1. The van der Waals surface area contributed by atoms with Crippen molar-refractivity contribution in [2.24, 2.45) is 0 Å². The fourth-order valence-corrected chi connectivity index (χ4v) is 4.53. The lowest BCUT2D eigenvalue weighted by atomic mass is 10.1. The fraction of sp³-hybridized carbons (Fsp3) is 0.440. The van der Waals surface area contributed by atoms with Crippen LogP contribution < -0.4 is 9.62 Å². The van der Waals surface area contributed by atoms with Gasteiger partial charge in [0.15, 0.2) is 0 Å². The topological polar surface area (TPSA) is 86.8 Å². The number of sulfonamides is 1. The van der Waals surface area contributed by atoms with Crippen LogP contribution in [0.15, 0.2) is 48.5 Å². The molecule has 2 amide bonds. The van der Waals surface area contributed by atoms with Gasteiger partial charge in [0.05, 0.1) is 11.9 Å². The van der Waals surface area contributed by atoms with Crippen molar-refractivity contribution >= 4 is 39.1 Å². The van der Waals surface area contributed by atoms with Crippen molar-refractivity contribution in [2.45, 2.75) is 59.2 Å². The number of aryl methyl sites for hydroxylation is 1. The number of nitrogens with one attached hydrogen (secondary N) is 1. The minimum atomic E-state index is -3.80. The Bertz CT molecular complexity index is 1110. The molecule has 2 aromatic carbocycles. The first-order valence-electron chi connectivity index (χ1n) is 11.1. The van der Waals surface area contributed by atoms with E-state index >= 15 is 0 Å². The maximum Gasteiger partial charge on any atom is 0.244 e. The van der Waals surface area contributed by atoms with Crippen molar-refractivity contribution in [3.05, 3.63) is 64.7 Å². The smallest absolute Gasteiger partial charge is 0.244 e. The van der Waals surface area contributed by atoms with Crippen molar-refractivity contribution < 1.29 is 18.0 Å². The second-order valence-corrected chi connectivity index (χ2v) is 11.8. The molecule has 0 saturated heterocycles. The molecule has 0 bridgehead atoms. The predicted molar refractivity (Wildman–Crippen MR) is 137 cm³/mol. The Morgan fingerprint density at radius 2 is 1.71 bits per heavy atom. The molecule has 0 unspecified atom stereocenters. The highest BCUT2D eigenvalue weighted by Crippen LogP contribution is 2.23. The second-order valence-electron chi connectivity index (χ2n) is 9.42. The Labute approximate surface area is 208 Å². The first-order chi connectivity index (χ1) is 15.7. The molecule has 0 fully saturated rings. The summed E-state index contributed by atoms with van der Waals surface area (Å²) in [5.41, 5.74) is 1.71. The molecule has 0 radical (unpaired) electrons. The van der Waals surface area contributed by atoms with Crippen molar-refractivity contribution in [3.63, 3.8) is 0 Å². The number of carbonyl (C=O) groups excluding carboxylic acids is 2. The van der Waals surface area contributed by atoms with Crippen LogP contribution >= 0.6 is 11.6 Å². The Balaban J connectivity index is 2.45. The Morgan fingerprint density at radius 3 is 2.21 bits per heavy atom. The van der Waals surface area contributed by atoms with Gasteiger partial charge in [0.25, 0.3) is 0 Å². The summed E-state index contributed by atoms with van der Waals surface area (Å²) in [6.07, 6.45) is 1.41. The molecule has 2 rings (SSSR count). The van der Waals surface area contributed by atoms with E-state index in [-0.39, 0.29) is 18.1 Å². The van der Waals surface area contributed by atoms with Crippen molar-refractivity contribution in [2.75, 3.05) is 17.1 Å². The molecule has 0 aliphatic rings. The molecule has 186 valence electrons. The van der Waals surface area contributed by atoms with Crippen molar-refractivity contribution in [1.82, 2.24) is 10.2 Å². The number of nitrogens with zero attached hydrogens (tertiary/aromatic N) is 2. The van der Waals surface area contributed by atoms with Gasteiger partial charge in [-0.05, 0) is 57.9 Å². The maximum atomic E-state index is 13.6. The summed E-state index contributed by atoms with van der Waals surface area (Å²) in [5.74, 6) is -0.772. The lowest BCUT2D eigenvalue weighted by molar-refractivity contribution is -0.141. The SMILES string of the molecule is CC[C@H](C(=O)NC(C)(C)C)N(Cc1ccc(C)cc1)C(=O)CN(c1cccc(Cl)c1)S(C)(=O)=O. The van der Waals surface area contributed by atoms with E-state index < -0.39 is 34.1 Å². The van der Waals surface area contributed by atoms with E-state index in [1.165, 1.54) is 11.0 Å². The minimum Gasteiger partial charge on any atom is -0.350 e. The van der Waals surface area contributed by atoms with Gasteiger partial charge < -0.3 is 10.2 Å². The Hall–Kier alpha value is -2.58. The molecule has 0 spiro atoms. The van der Waals surface area contributed by atoms with Crippen LogP contribution in [0.2, 0.25) is 5.02 Å². The molecule has 2 aromatic rings. The monoisotopic (exact) mass is 507 g/mol. The van der Waals surface area contributed by atoms with Crippen LogP contribution in [0.5, 0.6) is 0 Å². The Kier molecular flexibility index (Phi) is 9.14. The lowest BCUT2D eigenvalue weighted by Crippen LogP contribution is -2.55. The van der Waals surface area contributed by atoms with E-state index in [1.54, 1.807) is 18.2 Å². The van der Waals surface area contributed by atoms with E-state index in [0.717, 1.165) is 21.7 Å². The van der Waals surface area contributed by atoms with Crippen LogP contribution in [0, 0.1) is 6.92 Å². The average molecular weight is 508 g/mol. The van der Waals surface area contributed by atoms with Gasteiger partial charge in [-0.3, -0.25) is 13.9 Å². The third-order valence-electron chi connectivity index (χ3n) is 5.13. The fourth-order valence-electron chi connectivity index (χ4n) is 3.51. The molecule has 34 heavy (non-hydrogen) atoms. The van der Waals surface area contributed by atoms with Gasteiger partial charge in [-0.25, -0.2) is 8.42 Å². The maximum absolute atomic E-state index is 13.6. The number of amides is 2. The number of carbonyl (C=O) groups is 2. The second kappa shape index (κ2) is 11.2. The van der Waals surface area contributed by atoms with Crippen LogP contribution in [0.1, 0.15) is 45.2 Å². The normalized spacial score (nSPS) is 12.7. The van der Waals surface area contributed by atoms with E-state index in [1.807, 2.05) is 58.9 Å². The number of rotatable bonds is 9. The summed E-state index contributed by atoms with van der Waals surface area (Å²) in [7, 11) is -3.80. The highest BCUT2D eigenvalue weighted by atomic mass is 35.5. The number of benzene rings is 2. The molecular formula is C25H34ClN3O4S. The molecule has 9 heteroatoms. The van der Waals surface area contributed by atoms with Gasteiger partial charge in [0, 0.05) is 17.1 Å². The van der Waals surface area contributed by atoms with E-state index in [9.17, 15) is 18.0 Å². The van der Waals surface area contributed by atoms with Gasteiger partial charge in [-0.15, -0.1) is 0 Å². The number of anilines is 1. The molecule has 0 saturated carbocycles.